The van der Waals surface area contributed by atoms with Crippen molar-refractivity contribution in [3.63, 3.8) is 0 Å². The molecule has 29 heavy (non-hydrogen) atoms. The van der Waals surface area contributed by atoms with Gasteiger partial charge in [-0.1, -0.05) is 61.0 Å². The minimum Gasteiger partial charge on any atom is -0.302 e. The summed E-state index contributed by atoms with van der Waals surface area (Å²) in [6, 6.07) is 20.4. The van der Waals surface area contributed by atoms with Crippen molar-refractivity contribution in [1.82, 2.24) is 4.90 Å². The highest BCUT2D eigenvalue weighted by Crippen LogP contribution is 2.59. The van der Waals surface area contributed by atoms with Gasteiger partial charge in [-0.15, -0.1) is 23.5 Å². The molecule has 1 nitrogen and oxygen atoms in total. The van der Waals surface area contributed by atoms with Crippen molar-refractivity contribution in [2.45, 2.75) is 54.3 Å². The van der Waals surface area contributed by atoms with E-state index in [0.29, 0.717) is 4.08 Å². The lowest BCUT2D eigenvalue weighted by molar-refractivity contribution is 0.186. The lowest BCUT2D eigenvalue weighted by Gasteiger charge is -2.34. The number of thioether (sulfide) groups is 2. The molecule has 0 saturated carbocycles. The molecule has 2 atom stereocenters. The Bertz CT molecular complexity index is 799. The summed E-state index contributed by atoms with van der Waals surface area (Å²) < 4.78 is 0.337. The molecule has 0 unspecified atom stereocenters. The molecule has 2 heterocycles. The van der Waals surface area contributed by atoms with E-state index < -0.39 is 0 Å². The summed E-state index contributed by atoms with van der Waals surface area (Å²) in [6.07, 6.45) is 9.38. The van der Waals surface area contributed by atoms with Crippen molar-refractivity contribution in [3.05, 3.63) is 71.3 Å². The first kappa shape index (κ1) is 20.0. The van der Waals surface area contributed by atoms with E-state index in [9.17, 15) is 0 Å². The Morgan fingerprint density at radius 3 is 2.59 bits per heavy atom. The third kappa shape index (κ3) is 4.57. The van der Waals surface area contributed by atoms with Crippen LogP contribution in [0.15, 0.2) is 54.6 Å². The topological polar surface area (TPSA) is 3.24 Å². The van der Waals surface area contributed by atoms with Crippen molar-refractivity contribution in [2.24, 2.45) is 5.92 Å². The first-order valence-electron chi connectivity index (χ1n) is 11.5. The summed E-state index contributed by atoms with van der Waals surface area (Å²) >= 11 is 4.57. The van der Waals surface area contributed by atoms with E-state index >= 15 is 0 Å². The summed E-state index contributed by atoms with van der Waals surface area (Å²) in [7, 11) is 0. The molecule has 2 aromatic rings. The largest absolute Gasteiger partial charge is 0.302 e. The third-order valence-electron chi connectivity index (χ3n) is 7.03. The van der Waals surface area contributed by atoms with E-state index in [2.05, 4.69) is 83.0 Å². The Kier molecular flexibility index (Phi) is 6.27. The van der Waals surface area contributed by atoms with Crippen molar-refractivity contribution < 1.29 is 0 Å². The summed E-state index contributed by atoms with van der Waals surface area (Å²) in [5, 5.41) is 0.789. The Hall–Kier alpha value is -0.900. The number of benzene rings is 2. The average Bonchev–Trinajstić information content (AvgIpc) is 3.08. The maximum absolute atomic E-state index is 2.77. The summed E-state index contributed by atoms with van der Waals surface area (Å²) in [6.45, 7) is 3.88. The molecule has 0 N–H and O–H groups in total. The van der Waals surface area contributed by atoms with E-state index in [1.165, 1.54) is 75.9 Å². The molecule has 0 aromatic heterocycles. The molecule has 154 valence electrons. The van der Waals surface area contributed by atoms with Crippen LogP contribution in [0.4, 0.5) is 0 Å². The molecular formula is C26H33NS2. The predicted octanol–water partition coefficient (Wildman–Crippen LogP) is 6.37. The molecule has 3 heteroatoms. The smallest absolute Gasteiger partial charge is 0.0866 e. The highest BCUT2D eigenvalue weighted by molar-refractivity contribution is 8.21. The van der Waals surface area contributed by atoms with Crippen LogP contribution in [0.25, 0.3) is 0 Å². The summed E-state index contributed by atoms with van der Waals surface area (Å²) in [5.41, 5.74) is 4.78. The number of piperidine rings is 1. The van der Waals surface area contributed by atoms with Gasteiger partial charge in [0.05, 0.1) is 4.08 Å². The van der Waals surface area contributed by atoms with Crippen LogP contribution in [0.5, 0.6) is 0 Å². The second kappa shape index (κ2) is 9.08. The van der Waals surface area contributed by atoms with Crippen LogP contribution in [0, 0.1) is 5.92 Å². The quantitative estimate of drug-likeness (QED) is 0.562. The average molecular weight is 424 g/mol. The summed E-state index contributed by atoms with van der Waals surface area (Å²) in [4.78, 5) is 2.77. The van der Waals surface area contributed by atoms with Crippen molar-refractivity contribution in [3.8, 4) is 0 Å². The number of likely N-dealkylation sites (tertiary alicyclic amines) is 1. The first-order chi connectivity index (χ1) is 14.3. The van der Waals surface area contributed by atoms with Crippen LogP contribution in [-0.4, -0.2) is 35.5 Å². The van der Waals surface area contributed by atoms with Gasteiger partial charge in [-0.05, 0) is 74.2 Å². The second-order valence-electron chi connectivity index (χ2n) is 9.10. The molecule has 3 aliphatic rings. The van der Waals surface area contributed by atoms with Gasteiger partial charge in [0.1, 0.15) is 0 Å². The van der Waals surface area contributed by atoms with Gasteiger partial charge in [-0.2, -0.15) is 0 Å². The molecular weight excluding hydrogens is 390 g/mol. The minimum atomic E-state index is 0.337. The molecule has 1 spiro atoms. The normalized spacial score (nSPS) is 28.3. The Labute approximate surface area is 185 Å². The van der Waals surface area contributed by atoms with E-state index in [1.54, 1.807) is 11.1 Å². The van der Waals surface area contributed by atoms with Gasteiger partial charge < -0.3 is 4.90 Å². The lowest BCUT2D eigenvalue weighted by atomic mass is 9.90. The van der Waals surface area contributed by atoms with Gasteiger partial charge in [0.25, 0.3) is 0 Å². The van der Waals surface area contributed by atoms with E-state index in [-0.39, 0.29) is 0 Å². The number of rotatable bonds is 4. The van der Waals surface area contributed by atoms with Gasteiger partial charge in [0.2, 0.25) is 0 Å². The highest BCUT2D eigenvalue weighted by Gasteiger charge is 2.44. The van der Waals surface area contributed by atoms with E-state index in [1.807, 2.05) is 0 Å². The standard InChI is InChI=1S/C26H33NS2/c1-2-8-21(9-3-1)18-22-13-16-27(17-14-22)19-24-20-28-26(29-24)15-7-6-11-23-10-4-5-12-25(23)26/h1-5,8-10,12,22,24H,6-7,11,13-20H2/t24-,26-/m0/s1. The fraction of sp³-hybridized carbons (Fsp3) is 0.538. The SMILES string of the molecule is c1ccc(CC2CCN(C[C@H]3CS[C@@]4(CCCCc5ccccc54)S3)CC2)cc1. The minimum absolute atomic E-state index is 0.337. The fourth-order valence-electron chi connectivity index (χ4n) is 5.45. The van der Waals surface area contributed by atoms with Gasteiger partial charge in [-0.25, -0.2) is 0 Å². The molecule has 1 aliphatic carbocycles. The fourth-order valence-corrected chi connectivity index (χ4v) is 9.43. The molecule has 0 bridgehead atoms. The number of hydrogen-bond donors (Lipinski definition) is 0. The van der Waals surface area contributed by atoms with Gasteiger partial charge >= 0.3 is 0 Å². The number of fused-ring (bicyclic) bond motifs is 2. The Morgan fingerprint density at radius 2 is 1.72 bits per heavy atom. The number of nitrogens with zero attached hydrogens (tertiary/aromatic N) is 1. The molecule has 5 rings (SSSR count). The van der Waals surface area contributed by atoms with Crippen molar-refractivity contribution in [1.29, 1.82) is 0 Å². The number of hydrogen-bond acceptors (Lipinski definition) is 3. The summed E-state index contributed by atoms with van der Waals surface area (Å²) in [5.74, 6) is 2.20. The zero-order chi connectivity index (χ0) is 19.5. The molecule has 2 saturated heterocycles. The van der Waals surface area contributed by atoms with Crippen LogP contribution in [0.2, 0.25) is 0 Å². The Balaban J connectivity index is 1.16. The monoisotopic (exact) mass is 423 g/mol. The molecule has 2 fully saturated rings. The third-order valence-corrected chi connectivity index (χ3v) is 10.8. The second-order valence-corrected chi connectivity index (χ2v) is 12.3. The van der Waals surface area contributed by atoms with Crippen LogP contribution >= 0.6 is 23.5 Å². The van der Waals surface area contributed by atoms with E-state index in [0.717, 1.165) is 11.2 Å². The van der Waals surface area contributed by atoms with Gasteiger partial charge in [0.15, 0.2) is 0 Å². The highest BCUT2D eigenvalue weighted by atomic mass is 32.2. The van der Waals surface area contributed by atoms with Gasteiger partial charge in [-0.3, -0.25) is 0 Å². The molecule has 0 radical (unpaired) electrons. The Morgan fingerprint density at radius 1 is 0.931 bits per heavy atom. The van der Waals surface area contributed by atoms with Crippen LogP contribution < -0.4 is 0 Å². The zero-order valence-corrected chi connectivity index (χ0v) is 19.0. The van der Waals surface area contributed by atoms with Crippen molar-refractivity contribution >= 4 is 23.5 Å². The lowest BCUT2D eigenvalue weighted by Crippen LogP contribution is -2.38. The maximum atomic E-state index is 2.77. The molecule has 2 aliphatic heterocycles. The molecule has 0 amide bonds. The van der Waals surface area contributed by atoms with Gasteiger partial charge in [0, 0.05) is 17.5 Å². The van der Waals surface area contributed by atoms with E-state index in [4.69, 9.17) is 0 Å². The van der Waals surface area contributed by atoms with Crippen LogP contribution in [-0.2, 0) is 16.9 Å². The maximum Gasteiger partial charge on any atom is 0.0866 e. The van der Waals surface area contributed by atoms with Crippen LogP contribution in [0.1, 0.15) is 48.8 Å². The molecule has 2 aromatic carbocycles. The predicted molar refractivity (Wildman–Crippen MR) is 129 cm³/mol. The van der Waals surface area contributed by atoms with Crippen LogP contribution in [0.3, 0.4) is 0 Å². The zero-order valence-electron chi connectivity index (χ0n) is 17.4. The first-order valence-corrected chi connectivity index (χ1v) is 13.3. The van der Waals surface area contributed by atoms with Crippen molar-refractivity contribution in [2.75, 3.05) is 25.4 Å². The number of aryl methyl sites for hydroxylation is 1.